The van der Waals surface area contributed by atoms with Crippen molar-refractivity contribution < 1.29 is 19.1 Å². The fraction of sp³-hybridized carbons (Fsp3) is 0.391. The van der Waals surface area contributed by atoms with Crippen LogP contribution in [0.1, 0.15) is 37.3 Å². The summed E-state index contributed by atoms with van der Waals surface area (Å²) in [6, 6.07) is 13.7. The highest BCUT2D eigenvalue weighted by molar-refractivity contribution is 8.01. The summed E-state index contributed by atoms with van der Waals surface area (Å²) in [5, 5.41) is 2.52. The molecule has 1 fully saturated rings. The highest BCUT2D eigenvalue weighted by atomic mass is 32.2. The van der Waals surface area contributed by atoms with Crippen LogP contribution in [0.5, 0.6) is 11.5 Å². The van der Waals surface area contributed by atoms with Gasteiger partial charge < -0.3 is 19.7 Å². The molecule has 0 radical (unpaired) electrons. The molecule has 0 bridgehead atoms. The van der Waals surface area contributed by atoms with Crippen molar-refractivity contribution in [2.24, 2.45) is 0 Å². The minimum Gasteiger partial charge on any atom is -0.490 e. The van der Waals surface area contributed by atoms with E-state index >= 15 is 0 Å². The van der Waals surface area contributed by atoms with Crippen molar-refractivity contribution in [3.63, 3.8) is 0 Å². The van der Waals surface area contributed by atoms with Crippen LogP contribution in [-0.4, -0.2) is 41.7 Å². The molecule has 2 aromatic rings. The third-order valence-electron chi connectivity index (χ3n) is 5.80. The van der Waals surface area contributed by atoms with Crippen molar-refractivity contribution in [2.45, 2.75) is 41.9 Å². The molecular formula is C23H24N2O4S. The van der Waals surface area contributed by atoms with Gasteiger partial charge in [0.25, 0.3) is 0 Å². The van der Waals surface area contributed by atoms with Crippen LogP contribution in [0.3, 0.4) is 0 Å². The summed E-state index contributed by atoms with van der Waals surface area (Å²) in [4.78, 5) is 28.6. The van der Waals surface area contributed by atoms with E-state index in [0.717, 1.165) is 46.9 Å². The maximum absolute atomic E-state index is 13.2. The Morgan fingerprint density at radius 2 is 1.93 bits per heavy atom. The number of fused-ring (bicyclic) bond motifs is 2. The maximum Gasteiger partial charge on any atom is 0.238 e. The van der Waals surface area contributed by atoms with E-state index in [4.69, 9.17) is 9.47 Å². The van der Waals surface area contributed by atoms with Gasteiger partial charge in [0, 0.05) is 24.3 Å². The Labute approximate surface area is 179 Å². The summed E-state index contributed by atoms with van der Waals surface area (Å²) in [6.45, 7) is 2.01. The molecule has 0 aliphatic carbocycles. The number of anilines is 1. The second kappa shape index (κ2) is 8.22. The number of ether oxygens (including phenoxy) is 2. The van der Waals surface area contributed by atoms with Crippen molar-refractivity contribution in [3.8, 4) is 11.5 Å². The van der Waals surface area contributed by atoms with Crippen LogP contribution < -0.4 is 14.8 Å². The normalized spacial score (nSPS) is 22.8. The number of amides is 2. The van der Waals surface area contributed by atoms with E-state index in [-0.39, 0.29) is 24.3 Å². The summed E-state index contributed by atoms with van der Waals surface area (Å²) in [7, 11) is 0. The number of thioether (sulfide) groups is 1. The fourth-order valence-electron chi connectivity index (χ4n) is 4.30. The molecule has 6 nitrogen and oxygen atoms in total. The highest BCUT2D eigenvalue weighted by Crippen LogP contribution is 2.40. The number of nitrogens with zero attached hydrogens (tertiary/aromatic N) is 1. The van der Waals surface area contributed by atoms with E-state index in [2.05, 4.69) is 5.32 Å². The average Bonchev–Trinajstić information content (AvgIpc) is 3.13. The molecule has 2 aromatic carbocycles. The van der Waals surface area contributed by atoms with Crippen molar-refractivity contribution in [1.29, 1.82) is 0 Å². The van der Waals surface area contributed by atoms with Gasteiger partial charge in [-0.1, -0.05) is 18.2 Å². The lowest BCUT2D eigenvalue weighted by molar-refractivity contribution is -0.133. The van der Waals surface area contributed by atoms with Crippen LogP contribution in [0.4, 0.5) is 5.69 Å². The van der Waals surface area contributed by atoms with Crippen LogP contribution in [0, 0.1) is 0 Å². The second-order valence-electron chi connectivity index (χ2n) is 7.80. The number of para-hydroxylation sites is 1. The second-order valence-corrected chi connectivity index (χ2v) is 9.04. The minimum atomic E-state index is -0.405. The van der Waals surface area contributed by atoms with Crippen LogP contribution >= 0.6 is 11.8 Å². The van der Waals surface area contributed by atoms with Gasteiger partial charge in [-0.05, 0) is 42.7 Å². The molecular weight excluding hydrogens is 400 g/mol. The molecule has 0 aromatic heterocycles. The summed E-state index contributed by atoms with van der Waals surface area (Å²) in [5.74, 6) is 1.44. The molecule has 30 heavy (non-hydrogen) atoms. The first kappa shape index (κ1) is 19.3. The average molecular weight is 425 g/mol. The largest absolute Gasteiger partial charge is 0.490 e. The van der Waals surface area contributed by atoms with Gasteiger partial charge in [0.05, 0.1) is 30.2 Å². The van der Waals surface area contributed by atoms with E-state index in [1.165, 1.54) is 11.8 Å². The van der Waals surface area contributed by atoms with Crippen LogP contribution in [0.2, 0.25) is 0 Å². The van der Waals surface area contributed by atoms with Gasteiger partial charge >= 0.3 is 0 Å². The van der Waals surface area contributed by atoms with Crippen molar-refractivity contribution in [1.82, 2.24) is 4.90 Å². The molecule has 0 saturated carbocycles. The summed E-state index contributed by atoms with van der Waals surface area (Å²) in [5.41, 5.74) is 1.89. The number of benzene rings is 2. The quantitative estimate of drug-likeness (QED) is 0.806. The molecule has 3 aliphatic heterocycles. The van der Waals surface area contributed by atoms with Gasteiger partial charge in [0.15, 0.2) is 11.5 Å². The molecule has 1 N–H and O–H groups in total. The highest BCUT2D eigenvalue weighted by Gasteiger charge is 2.35. The third kappa shape index (κ3) is 3.74. The maximum atomic E-state index is 13.2. The Morgan fingerprint density at radius 3 is 2.83 bits per heavy atom. The zero-order valence-corrected chi connectivity index (χ0v) is 17.5. The van der Waals surface area contributed by atoms with E-state index in [9.17, 15) is 9.59 Å². The molecule has 5 rings (SSSR count). The van der Waals surface area contributed by atoms with E-state index in [1.807, 2.05) is 47.4 Å². The first-order valence-electron chi connectivity index (χ1n) is 10.4. The number of likely N-dealkylation sites (tertiary alicyclic amines) is 1. The summed E-state index contributed by atoms with van der Waals surface area (Å²) >= 11 is 1.47. The van der Waals surface area contributed by atoms with Crippen molar-refractivity contribution >= 4 is 29.3 Å². The number of carbonyl (C=O) groups excluding carboxylic acids is 2. The first-order valence-corrected chi connectivity index (χ1v) is 11.3. The number of hydrogen-bond acceptors (Lipinski definition) is 5. The van der Waals surface area contributed by atoms with Crippen molar-refractivity contribution in [2.75, 3.05) is 25.1 Å². The van der Waals surface area contributed by atoms with E-state index in [1.54, 1.807) is 0 Å². The number of rotatable bonds is 3. The monoisotopic (exact) mass is 424 g/mol. The summed E-state index contributed by atoms with van der Waals surface area (Å²) < 4.78 is 11.6. The Bertz CT molecular complexity index is 979. The third-order valence-corrected chi connectivity index (χ3v) is 7.07. The molecule has 3 aliphatic rings. The van der Waals surface area contributed by atoms with Crippen LogP contribution in [0.25, 0.3) is 0 Å². The molecule has 3 heterocycles. The standard InChI is InChI=1S/C23H24N2O4S/c26-22(14-21-23(27)24-16-5-1-2-7-20(16)30-21)25-10-3-6-17(25)15-8-9-18-19(13-15)29-12-4-11-28-18/h1-2,5,7-9,13,17,21H,3-4,6,10-12,14H2,(H,24,27)/t17-,21+/m0/s1. The molecule has 2 amide bonds. The molecule has 1 saturated heterocycles. The Balaban J connectivity index is 1.31. The van der Waals surface area contributed by atoms with Crippen LogP contribution in [0.15, 0.2) is 47.4 Å². The van der Waals surface area contributed by atoms with Crippen LogP contribution in [-0.2, 0) is 9.59 Å². The topological polar surface area (TPSA) is 67.9 Å². The predicted molar refractivity (Wildman–Crippen MR) is 115 cm³/mol. The Morgan fingerprint density at radius 1 is 1.10 bits per heavy atom. The smallest absolute Gasteiger partial charge is 0.238 e. The lowest BCUT2D eigenvalue weighted by atomic mass is 10.0. The molecule has 2 atom stereocenters. The van der Waals surface area contributed by atoms with Gasteiger partial charge in [0.1, 0.15) is 0 Å². The molecule has 7 heteroatoms. The molecule has 0 unspecified atom stereocenters. The first-order chi connectivity index (χ1) is 14.7. The van der Waals surface area contributed by atoms with Gasteiger partial charge in [-0.15, -0.1) is 11.8 Å². The fourth-order valence-corrected chi connectivity index (χ4v) is 5.40. The lowest BCUT2D eigenvalue weighted by Crippen LogP contribution is -2.37. The lowest BCUT2D eigenvalue weighted by Gasteiger charge is -2.29. The SMILES string of the molecule is O=C1Nc2ccccc2S[C@@H]1CC(=O)N1CCC[C@H]1c1ccc2c(c1)OCCCO2. The Kier molecular flexibility index (Phi) is 5.29. The summed E-state index contributed by atoms with van der Waals surface area (Å²) in [6.07, 6.45) is 2.93. The minimum absolute atomic E-state index is 0.0126. The van der Waals surface area contributed by atoms with Crippen molar-refractivity contribution in [3.05, 3.63) is 48.0 Å². The van der Waals surface area contributed by atoms with Gasteiger partial charge in [-0.2, -0.15) is 0 Å². The number of carbonyl (C=O) groups is 2. The van der Waals surface area contributed by atoms with Gasteiger partial charge in [-0.25, -0.2) is 0 Å². The zero-order chi connectivity index (χ0) is 20.5. The predicted octanol–water partition coefficient (Wildman–Crippen LogP) is 4.01. The number of nitrogens with one attached hydrogen (secondary N) is 1. The van der Waals surface area contributed by atoms with Gasteiger partial charge in [0.2, 0.25) is 11.8 Å². The number of hydrogen-bond donors (Lipinski definition) is 1. The van der Waals surface area contributed by atoms with E-state index in [0.29, 0.717) is 19.8 Å². The van der Waals surface area contributed by atoms with E-state index < -0.39 is 5.25 Å². The van der Waals surface area contributed by atoms with Gasteiger partial charge in [-0.3, -0.25) is 9.59 Å². The molecule has 0 spiro atoms. The molecule has 156 valence electrons. The Hall–Kier alpha value is -2.67. The zero-order valence-electron chi connectivity index (χ0n) is 16.6.